The van der Waals surface area contributed by atoms with E-state index >= 15 is 0 Å². The van der Waals surface area contributed by atoms with E-state index in [4.69, 9.17) is 4.74 Å². The van der Waals surface area contributed by atoms with Crippen LogP contribution in [0.3, 0.4) is 0 Å². The Hall–Kier alpha value is -2.24. The maximum Gasteiger partial charge on any atom is 0.329 e. The molecule has 1 fully saturated rings. The van der Waals surface area contributed by atoms with Gasteiger partial charge in [0.1, 0.15) is 11.3 Å². The number of methoxy groups -OCH3 is 1. The highest BCUT2D eigenvalue weighted by molar-refractivity contribution is 5.86. The number of nitrogens with one attached hydrogen (secondary N) is 2. The third kappa shape index (κ3) is 3.65. The van der Waals surface area contributed by atoms with Gasteiger partial charge in [-0.15, -0.1) is 0 Å². The van der Waals surface area contributed by atoms with Crippen LogP contribution in [0.5, 0.6) is 5.75 Å². The molecule has 6 heteroatoms. The van der Waals surface area contributed by atoms with Crippen LogP contribution in [-0.4, -0.2) is 29.8 Å². The van der Waals surface area contributed by atoms with E-state index in [1.165, 1.54) is 0 Å². The molecule has 0 aromatic heterocycles. The largest absolute Gasteiger partial charge is 0.497 e. The average Bonchev–Trinajstić information content (AvgIpc) is 3.30. The van der Waals surface area contributed by atoms with Gasteiger partial charge >= 0.3 is 12.0 Å². The zero-order valence-corrected chi connectivity index (χ0v) is 12.2. The van der Waals surface area contributed by atoms with Gasteiger partial charge in [-0.05, 0) is 43.4 Å². The van der Waals surface area contributed by atoms with Gasteiger partial charge in [-0.2, -0.15) is 0 Å². The highest BCUT2D eigenvalue weighted by Crippen LogP contribution is 2.39. The van der Waals surface area contributed by atoms with E-state index in [0.717, 1.165) is 18.4 Å². The summed E-state index contributed by atoms with van der Waals surface area (Å²) in [6.07, 6.45) is 1.66. The van der Waals surface area contributed by atoms with Gasteiger partial charge in [0, 0.05) is 6.54 Å². The lowest BCUT2D eigenvalue weighted by Gasteiger charge is -2.26. The molecule has 0 spiro atoms. The van der Waals surface area contributed by atoms with Gasteiger partial charge in [0.2, 0.25) is 0 Å². The number of benzene rings is 1. The van der Waals surface area contributed by atoms with E-state index in [1.807, 2.05) is 24.3 Å². The summed E-state index contributed by atoms with van der Waals surface area (Å²) in [6, 6.07) is 6.85. The van der Waals surface area contributed by atoms with Crippen molar-refractivity contribution in [3.05, 3.63) is 29.8 Å². The average molecular weight is 292 g/mol. The summed E-state index contributed by atoms with van der Waals surface area (Å²) in [4.78, 5) is 23.2. The number of hydrogen-bond donors (Lipinski definition) is 3. The number of carbonyl (C=O) groups excluding carboxylic acids is 1. The van der Waals surface area contributed by atoms with Gasteiger partial charge in [-0.3, -0.25) is 0 Å². The van der Waals surface area contributed by atoms with E-state index in [2.05, 4.69) is 10.6 Å². The molecule has 1 atom stereocenters. The molecule has 0 heterocycles. The van der Waals surface area contributed by atoms with Crippen molar-refractivity contribution >= 4 is 12.0 Å². The van der Waals surface area contributed by atoms with Gasteiger partial charge < -0.3 is 20.5 Å². The summed E-state index contributed by atoms with van der Waals surface area (Å²) in [5.41, 5.74) is -0.314. The normalized spacial score (nSPS) is 16.7. The predicted octanol–water partition coefficient (Wildman–Crippen LogP) is 1.75. The molecular formula is C15H20N2O4. The number of carboxylic acids is 1. The first-order valence-electron chi connectivity index (χ1n) is 6.88. The summed E-state index contributed by atoms with van der Waals surface area (Å²) >= 11 is 0. The molecule has 3 N–H and O–H groups in total. The van der Waals surface area contributed by atoms with E-state index in [0.29, 0.717) is 12.3 Å². The fourth-order valence-corrected chi connectivity index (χ4v) is 2.24. The number of carbonyl (C=O) groups is 2. The fourth-order valence-electron chi connectivity index (χ4n) is 2.24. The second-order valence-electron chi connectivity index (χ2n) is 5.44. The minimum Gasteiger partial charge on any atom is -0.497 e. The van der Waals surface area contributed by atoms with Crippen LogP contribution < -0.4 is 15.4 Å². The second-order valence-corrected chi connectivity index (χ2v) is 5.44. The SMILES string of the molecule is COc1cccc(CNC(=O)NC(C)(C(=O)O)C2CC2)c1. The van der Waals surface area contributed by atoms with Crippen LogP contribution in [0.15, 0.2) is 24.3 Å². The number of amides is 2. The lowest BCUT2D eigenvalue weighted by atomic mass is 9.96. The number of rotatable bonds is 6. The Balaban J connectivity index is 1.90. The van der Waals surface area contributed by atoms with E-state index in [1.54, 1.807) is 14.0 Å². The molecule has 1 aliphatic rings. The van der Waals surface area contributed by atoms with Crippen molar-refractivity contribution in [3.8, 4) is 5.75 Å². The molecule has 21 heavy (non-hydrogen) atoms. The van der Waals surface area contributed by atoms with Crippen LogP contribution in [0.1, 0.15) is 25.3 Å². The summed E-state index contributed by atoms with van der Waals surface area (Å²) in [5, 5.41) is 14.5. The Kier molecular flexibility index (Phi) is 4.35. The van der Waals surface area contributed by atoms with Crippen molar-refractivity contribution < 1.29 is 19.4 Å². The minimum atomic E-state index is -1.20. The molecule has 0 saturated heterocycles. The molecule has 0 bridgehead atoms. The van der Waals surface area contributed by atoms with Crippen LogP contribution in [0.2, 0.25) is 0 Å². The smallest absolute Gasteiger partial charge is 0.329 e. The van der Waals surface area contributed by atoms with E-state index in [-0.39, 0.29) is 5.92 Å². The van der Waals surface area contributed by atoms with Crippen molar-refractivity contribution in [1.82, 2.24) is 10.6 Å². The molecule has 1 saturated carbocycles. The molecule has 1 aliphatic carbocycles. The summed E-state index contributed by atoms with van der Waals surface area (Å²) in [6.45, 7) is 1.86. The third-order valence-electron chi connectivity index (χ3n) is 3.80. The highest BCUT2D eigenvalue weighted by atomic mass is 16.5. The summed E-state index contributed by atoms with van der Waals surface area (Å²) in [5.74, 6) is -0.276. The van der Waals surface area contributed by atoms with Gasteiger partial charge in [0.15, 0.2) is 0 Å². The monoisotopic (exact) mass is 292 g/mol. The van der Waals surface area contributed by atoms with Gasteiger partial charge in [0.05, 0.1) is 7.11 Å². The fraction of sp³-hybridized carbons (Fsp3) is 0.467. The van der Waals surface area contributed by atoms with Gasteiger partial charge in [0.25, 0.3) is 0 Å². The zero-order valence-electron chi connectivity index (χ0n) is 12.2. The van der Waals surface area contributed by atoms with Crippen molar-refractivity contribution in [2.24, 2.45) is 5.92 Å². The van der Waals surface area contributed by atoms with Crippen LogP contribution in [0.25, 0.3) is 0 Å². The molecule has 0 radical (unpaired) electrons. The number of hydrogen-bond acceptors (Lipinski definition) is 3. The van der Waals surface area contributed by atoms with Crippen molar-refractivity contribution in [2.45, 2.75) is 31.8 Å². The first kappa shape index (κ1) is 15.2. The Morgan fingerprint density at radius 2 is 2.14 bits per heavy atom. The third-order valence-corrected chi connectivity index (χ3v) is 3.80. The Morgan fingerprint density at radius 1 is 1.43 bits per heavy atom. The molecule has 114 valence electrons. The maximum atomic E-state index is 11.9. The minimum absolute atomic E-state index is 0.0116. The first-order chi connectivity index (χ1) is 9.95. The number of aliphatic carboxylic acids is 1. The number of ether oxygens (including phenoxy) is 1. The molecule has 1 unspecified atom stereocenters. The first-order valence-corrected chi connectivity index (χ1v) is 6.88. The Labute approximate surface area is 123 Å². The van der Waals surface area contributed by atoms with Crippen molar-refractivity contribution in [1.29, 1.82) is 0 Å². The zero-order chi connectivity index (χ0) is 15.5. The van der Waals surface area contributed by atoms with Gasteiger partial charge in [-0.25, -0.2) is 9.59 Å². The topological polar surface area (TPSA) is 87.7 Å². The Morgan fingerprint density at radius 3 is 2.71 bits per heavy atom. The van der Waals surface area contributed by atoms with Crippen LogP contribution in [0.4, 0.5) is 4.79 Å². The lowest BCUT2D eigenvalue weighted by molar-refractivity contribution is -0.144. The van der Waals surface area contributed by atoms with Crippen LogP contribution >= 0.6 is 0 Å². The lowest BCUT2D eigenvalue weighted by Crippen LogP contribution is -2.56. The van der Waals surface area contributed by atoms with Gasteiger partial charge in [-0.1, -0.05) is 12.1 Å². The number of carboxylic acid groups (broad SMARTS) is 1. The second kappa shape index (κ2) is 6.03. The standard InChI is InChI=1S/C15H20N2O4/c1-15(13(18)19,11-6-7-11)17-14(20)16-9-10-4-3-5-12(8-10)21-2/h3-5,8,11H,6-7,9H2,1-2H3,(H,18,19)(H2,16,17,20). The molecular weight excluding hydrogens is 272 g/mol. The predicted molar refractivity (Wildman–Crippen MR) is 77.1 cm³/mol. The molecule has 1 aromatic carbocycles. The molecule has 0 aliphatic heterocycles. The van der Waals surface area contributed by atoms with Crippen LogP contribution in [-0.2, 0) is 11.3 Å². The van der Waals surface area contributed by atoms with E-state index in [9.17, 15) is 14.7 Å². The molecule has 6 nitrogen and oxygen atoms in total. The highest BCUT2D eigenvalue weighted by Gasteiger charge is 2.48. The quantitative estimate of drug-likeness (QED) is 0.745. The van der Waals surface area contributed by atoms with Crippen molar-refractivity contribution in [2.75, 3.05) is 7.11 Å². The number of urea groups is 1. The maximum absolute atomic E-state index is 11.9. The molecule has 2 amide bonds. The summed E-state index contributed by atoms with van der Waals surface area (Å²) < 4.78 is 5.11. The molecule has 1 aromatic rings. The summed E-state index contributed by atoms with van der Waals surface area (Å²) in [7, 11) is 1.58. The van der Waals surface area contributed by atoms with Crippen molar-refractivity contribution in [3.63, 3.8) is 0 Å². The molecule has 2 rings (SSSR count). The van der Waals surface area contributed by atoms with Crippen LogP contribution in [0, 0.1) is 5.92 Å². The Bertz CT molecular complexity index is 542. The van der Waals surface area contributed by atoms with E-state index < -0.39 is 17.5 Å².